The van der Waals surface area contributed by atoms with Gasteiger partial charge in [0.1, 0.15) is 0 Å². The van der Waals surface area contributed by atoms with Gasteiger partial charge in [0.25, 0.3) is 0 Å². The van der Waals surface area contributed by atoms with E-state index in [1.54, 1.807) is 12.1 Å². The van der Waals surface area contributed by atoms with Crippen LogP contribution in [-0.4, -0.2) is 25.8 Å². The fourth-order valence-electron chi connectivity index (χ4n) is 8.48. The summed E-state index contributed by atoms with van der Waals surface area (Å²) < 4.78 is 19.0. The maximum absolute atomic E-state index is 12.1. The van der Waals surface area contributed by atoms with E-state index in [1.165, 1.54) is 231 Å². The molecule has 0 radical (unpaired) electrons. The summed E-state index contributed by atoms with van der Waals surface area (Å²) >= 11 is 0. The molecule has 0 aromatic heterocycles. The van der Waals surface area contributed by atoms with E-state index in [9.17, 15) is 9.90 Å². The zero-order chi connectivity index (χ0) is 43.2. The van der Waals surface area contributed by atoms with Crippen molar-refractivity contribution in [3.8, 4) is 17.2 Å². The van der Waals surface area contributed by atoms with Crippen molar-refractivity contribution in [1.29, 1.82) is 0 Å². The summed E-state index contributed by atoms with van der Waals surface area (Å²) in [5, 5.41) is 12.1. The van der Waals surface area contributed by atoms with Crippen LogP contribution in [0.25, 0.3) is 0 Å². The summed E-state index contributed by atoms with van der Waals surface area (Å²) in [6.07, 6.45) is 55.1. The number of carbonyl (C=O) groups is 1. The van der Waals surface area contributed by atoms with Gasteiger partial charge in [-0.05, 0) is 31.4 Å². The van der Waals surface area contributed by atoms with Crippen molar-refractivity contribution in [1.82, 2.24) is 0 Å². The van der Waals surface area contributed by atoms with E-state index >= 15 is 0 Å². The van der Waals surface area contributed by atoms with Crippen molar-refractivity contribution in [2.24, 2.45) is 0 Å². The number of aromatic carboxylic acids is 1. The summed E-state index contributed by atoms with van der Waals surface area (Å²) in [7, 11) is 0. The van der Waals surface area contributed by atoms with E-state index in [2.05, 4.69) is 20.8 Å². The van der Waals surface area contributed by atoms with Crippen LogP contribution in [0.3, 0.4) is 0 Å². The molecule has 352 valence electrons. The van der Waals surface area contributed by atoms with E-state index < -0.39 is 5.97 Å². The monoisotopic (exact) mass is 927 g/mol. The van der Waals surface area contributed by atoms with Gasteiger partial charge in [0.05, 0.1) is 25.8 Å². The predicted molar refractivity (Wildman–Crippen MR) is 258 cm³/mol. The van der Waals surface area contributed by atoms with Crippen LogP contribution in [0.5, 0.6) is 17.2 Å². The number of carboxylic acids is 1. The van der Waals surface area contributed by atoms with Crippen molar-refractivity contribution in [3.63, 3.8) is 0 Å². The third-order valence-corrected chi connectivity index (χ3v) is 12.5. The van der Waals surface area contributed by atoms with Gasteiger partial charge in [-0.3, -0.25) is 0 Å². The summed E-state index contributed by atoms with van der Waals surface area (Å²) in [6, 6.07) is 3.16. The number of benzene rings is 1. The first kappa shape index (κ1) is 60.9. The van der Waals surface area contributed by atoms with Gasteiger partial charge in [0.15, 0.2) is 11.5 Å². The summed E-state index contributed by atoms with van der Waals surface area (Å²) in [5.41, 5.74) is 0.0887. The molecule has 0 N–H and O–H groups in total. The van der Waals surface area contributed by atoms with E-state index in [-0.39, 0.29) is 63.8 Å². The molecule has 0 aliphatic rings. The molecular weight excluding hydrogens is 826 g/mol. The number of rotatable bonds is 49. The number of hydrogen-bond donors (Lipinski definition) is 0. The van der Waals surface area contributed by atoms with Gasteiger partial charge in [-0.2, -0.15) is 0 Å². The predicted octanol–water partition coefficient (Wildman–Crippen LogP) is 14.6. The van der Waals surface area contributed by atoms with Gasteiger partial charge < -0.3 is 24.1 Å². The number of carboxylic acid groups (broad SMARTS) is 1. The first-order valence-corrected chi connectivity index (χ1v) is 26.9. The third-order valence-electron chi connectivity index (χ3n) is 12.5. The molecule has 6 heteroatoms. The normalized spacial score (nSPS) is 11.2. The molecule has 5 nitrogen and oxygen atoms in total. The largest absolute Gasteiger partial charge is 1.00 e. The van der Waals surface area contributed by atoms with Gasteiger partial charge in [-0.15, -0.1) is 0 Å². The molecule has 0 amide bonds. The first-order chi connectivity index (χ1) is 29.6. The Kier molecular flexibility index (Phi) is 49.2. The van der Waals surface area contributed by atoms with Gasteiger partial charge in [-0.25, -0.2) is 0 Å². The Morgan fingerprint density at radius 3 is 0.754 bits per heavy atom. The zero-order valence-electron chi connectivity index (χ0n) is 41.5. The average molecular weight is 928 g/mol. The number of ether oxygens (including phenoxy) is 3. The van der Waals surface area contributed by atoms with Crippen LogP contribution >= 0.6 is 0 Å². The molecule has 1 aromatic carbocycles. The van der Waals surface area contributed by atoms with Crippen LogP contribution in [0.4, 0.5) is 0 Å². The zero-order valence-corrected chi connectivity index (χ0v) is 46.4. The van der Waals surface area contributed by atoms with Gasteiger partial charge in [0, 0.05) is 5.56 Å². The molecule has 0 unspecified atom stereocenters. The first-order valence-electron chi connectivity index (χ1n) is 26.9. The third kappa shape index (κ3) is 39.9. The molecule has 0 aliphatic carbocycles. The fourth-order valence-corrected chi connectivity index (χ4v) is 8.48. The van der Waals surface area contributed by atoms with Gasteiger partial charge >= 0.3 is 58.2 Å². The molecule has 61 heavy (non-hydrogen) atoms. The minimum absolute atomic E-state index is 0. The standard InChI is InChI=1S/C55H102O5.Rb/c1-4-7-10-13-16-19-22-25-28-31-34-37-40-43-46-58-52-49-51(55(56)57)50-53(59-47-44-41-38-35-32-29-26-23-20-17-14-11-8-5-2)54(52)60-48-45-42-39-36-33-30-27-24-21-18-15-12-9-6-3;/h49-50H,4-48H2,1-3H3,(H,56,57);/q;+1/p-1. The quantitative estimate of drug-likeness (QED) is 0.0609. The summed E-state index contributed by atoms with van der Waals surface area (Å²) in [5.74, 6) is 0.307. The Bertz CT molecular complexity index is 992. The number of carbonyl (C=O) groups excluding carboxylic acids is 1. The second-order valence-electron chi connectivity index (χ2n) is 18.4. The smallest absolute Gasteiger partial charge is 0.545 e. The molecule has 0 aliphatic heterocycles. The SMILES string of the molecule is CCCCCCCCCCCCCCCCOc1cc(C(=O)[O-])cc(OCCCCCCCCCCCCCCCC)c1OCCCCCCCCCCCCCCCC.[Rb+]. The van der Waals surface area contributed by atoms with E-state index in [0.717, 1.165) is 38.5 Å². The minimum Gasteiger partial charge on any atom is -0.545 e. The summed E-state index contributed by atoms with van der Waals surface area (Å²) in [6.45, 7) is 8.52. The molecule has 0 saturated carbocycles. The van der Waals surface area contributed by atoms with E-state index in [4.69, 9.17) is 14.2 Å². The Morgan fingerprint density at radius 2 is 0.541 bits per heavy atom. The van der Waals surface area contributed by atoms with Crippen LogP contribution in [0, 0.1) is 0 Å². The Labute approximate surface area is 429 Å². The van der Waals surface area contributed by atoms with Crippen LogP contribution in [0.15, 0.2) is 12.1 Å². The number of hydrogen-bond acceptors (Lipinski definition) is 5. The molecule has 1 rings (SSSR count). The molecule has 0 saturated heterocycles. The van der Waals surface area contributed by atoms with Gasteiger partial charge in [-0.1, -0.05) is 271 Å². The van der Waals surface area contributed by atoms with Gasteiger partial charge in [0.2, 0.25) is 5.75 Å². The number of unbranched alkanes of at least 4 members (excludes halogenated alkanes) is 39. The second kappa shape index (κ2) is 49.3. The van der Waals surface area contributed by atoms with Crippen molar-refractivity contribution in [3.05, 3.63) is 17.7 Å². The molecule has 0 fully saturated rings. The molecule has 0 atom stereocenters. The fraction of sp³-hybridized carbons (Fsp3) is 0.873. The Morgan fingerprint density at radius 1 is 0.344 bits per heavy atom. The van der Waals surface area contributed by atoms with Crippen molar-refractivity contribution in [2.75, 3.05) is 19.8 Å². The van der Waals surface area contributed by atoms with Crippen molar-refractivity contribution >= 4 is 5.97 Å². The van der Waals surface area contributed by atoms with Crippen LogP contribution < -0.4 is 77.5 Å². The van der Waals surface area contributed by atoms with Crippen LogP contribution in [0.2, 0.25) is 0 Å². The molecular formula is C55H101O5Rb. The Balaban J connectivity index is 0.0000360. The topological polar surface area (TPSA) is 67.8 Å². The maximum Gasteiger partial charge on any atom is 1.00 e. The minimum atomic E-state index is -1.21. The summed E-state index contributed by atoms with van der Waals surface area (Å²) in [4.78, 5) is 12.1. The molecule has 1 aromatic rings. The van der Waals surface area contributed by atoms with Crippen LogP contribution in [-0.2, 0) is 0 Å². The molecule has 0 bridgehead atoms. The maximum atomic E-state index is 12.1. The van der Waals surface area contributed by atoms with Crippen molar-refractivity contribution < 1.29 is 82.3 Å². The average Bonchev–Trinajstić information content (AvgIpc) is 3.25. The van der Waals surface area contributed by atoms with E-state index in [0.29, 0.717) is 37.1 Å². The van der Waals surface area contributed by atoms with E-state index in [1.807, 2.05) is 0 Å². The molecule has 0 heterocycles. The molecule has 0 spiro atoms. The van der Waals surface area contributed by atoms with Crippen molar-refractivity contribution in [2.45, 2.75) is 290 Å². The van der Waals surface area contributed by atoms with Crippen LogP contribution in [0.1, 0.15) is 301 Å². The second-order valence-corrected chi connectivity index (χ2v) is 18.4. The Hall–Kier alpha value is -0.105.